The lowest BCUT2D eigenvalue weighted by Gasteiger charge is -2.13. The fourth-order valence-corrected chi connectivity index (χ4v) is 9.41. The average Bonchev–Trinajstić information content (AvgIpc) is 3.91. The zero-order chi connectivity index (χ0) is 49.3. The van der Waals surface area contributed by atoms with E-state index in [1.54, 1.807) is 37.3 Å². The molecule has 0 amide bonds. The molecule has 4 aromatic carbocycles. The Morgan fingerprint density at radius 2 is 1.53 bits per heavy atom. The highest BCUT2D eigenvalue weighted by Crippen LogP contribution is 2.48. The second-order valence-electron chi connectivity index (χ2n) is 13.1. The topological polar surface area (TPSA) is 377 Å². The lowest BCUT2D eigenvalue weighted by atomic mass is 10.1. The minimum absolute atomic E-state index is 0.0736. The van der Waals surface area contributed by atoms with Gasteiger partial charge in [0.1, 0.15) is 39.3 Å². The molecule has 0 aliphatic rings. The summed E-state index contributed by atoms with van der Waals surface area (Å²) < 4.78 is 78.9. The van der Waals surface area contributed by atoms with Gasteiger partial charge in [0.15, 0.2) is 21.4 Å². The Morgan fingerprint density at radius 3 is 2.22 bits per heavy atom. The summed E-state index contributed by atoms with van der Waals surface area (Å²) >= 11 is 3.82. The number of aromatic hydroxyl groups is 2. The summed E-state index contributed by atoms with van der Waals surface area (Å²) in [5.74, 6) is 0.201. The molecular weight excluding hydrogens is 1020 g/mol. The molecule has 356 valence electrons. The number of aromatic nitrogens is 4. The summed E-state index contributed by atoms with van der Waals surface area (Å²) in [7, 11) is -7.44. The molecule has 0 saturated carbocycles. The highest BCUT2D eigenvalue weighted by atomic mass is 32.2. The molecule has 0 fully saturated rings. The van der Waals surface area contributed by atoms with E-state index in [1.165, 1.54) is 53.7 Å². The smallest absolute Gasteiger partial charge is 0.297 e. The summed E-state index contributed by atoms with van der Waals surface area (Å²) in [6.45, 7) is 3.23. The second-order valence-corrected chi connectivity index (χ2v) is 19.8. The van der Waals surface area contributed by atoms with E-state index in [0.29, 0.717) is 56.4 Å². The number of para-hydroxylation sites is 2. The van der Waals surface area contributed by atoms with Crippen LogP contribution >= 0.6 is 47.2 Å². The highest BCUT2D eigenvalue weighted by Gasteiger charge is 2.26. The van der Waals surface area contributed by atoms with E-state index in [9.17, 15) is 36.9 Å². The molecule has 7 aromatic rings. The lowest BCUT2D eigenvalue weighted by molar-refractivity contribution is -0.432. The average molecular weight is 1050 g/mol. The van der Waals surface area contributed by atoms with Gasteiger partial charge < -0.3 is 14.9 Å². The first-order chi connectivity index (χ1) is 32.4. The number of hydrogen-bond donors (Lipinski definition) is 6. The van der Waals surface area contributed by atoms with Crippen LogP contribution in [0.15, 0.2) is 99.4 Å². The van der Waals surface area contributed by atoms with Crippen LogP contribution < -0.4 is 4.74 Å². The third-order valence-electron chi connectivity index (χ3n) is 8.75. The molecule has 0 saturated heterocycles. The van der Waals surface area contributed by atoms with E-state index in [2.05, 4.69) is 70.7 Å². The van der Waals surface area contributed by atoms with Crippen LogP contribution in [-0.2, 0) is 39.0 Å². The summed E-state index contributed by atoms with van der Waals surface area (Å²) in [4.78, 5) is 3.48. The number of fused-ring (bicyclic) bond motifs is 4. The molecule has 0 aliphatic heterocycles. The molecule has 3 heterocycles. The summed E-state index contributed by atoms with van der Waals surface area (Å²) in [5, 5.41) is 90.4. The van der Waals surface area contributed by atoms with Gasteiger partial charge >= 0.3 is 0 Å². The zero-order valence-electron chi connectivity index (χ0n) is 34.8. The molecule has 0 radical (unpaired) electrons. The van der Waals surface area contributed by atoms with Gasteiger partial charge in [0, 0.05) is 46.0 Å². The Hall–Kier alpha value is -6.03. The van der Waals surface area contributed by atoms with Crippen molar-refractivity contribution in [2.24, 2.45) is 30.7 Å². The van der Waals surface area contributed by atoms with Crippen molar-refractivity contribution in [3.8, 4) is 23.4 Å². The number of imidazole rings is 1. The van der Waals surface area contributed by atoms with Crippen LogP contribution in [0.4, 0.5) is 33.6 Å². The Kier molecular flexibility index (Phi) is 16.9. The molecule has 6 N–H and O–H groups in total. The van der Waals surface area contributed by atoms with E-state index in [1.807, 2.05) is 0 Å². The molecule has 0 unspecified atom stereocenters. The summed E-state index contributed by atoms with van der Waals surface area (Å²) in [6.07, 6.45) is 0.715. The van der Waals surface area contributed by atoms with Crippen molar-refractivity contribution in [3.05, 3.63) is 71.3 Å². The van der Waals surface area contributed by atoms with Gasteiger partial charge in [-0.15, -0.1) is 49.6 Å². The molecule has 0 atom stereocenters. The maximum atomic E-state index is 13.0. The number of pyridine rings is 1. The number of azo groups is 3. The van der Waals surface area contributed by atoms with Crippen LogP contribution in [-0.4, -0.2) is 91.1 Å². The number of aryl methyl sites for hydroxylation is 1. The van der Waals surface area contributed by atoms with Crippen molar-refractivity contribution < 1.29 is 70.1 Å². The molecule has 32 heteroatoms. The number of phenols is 1. The van der Waals surface area contributed by atoms with Gasteiger partial charge in [0.2, 0.25) is 5.88 Å². The zero-order valence-corrected chi connectivity index (χ0v) is 39.7. The van der Waals surface area contributed by atoms with Gasteiger partial charge in [0.05, 0.1) is 47.0 Å². The summed E-state index contributed by atoms with van der Waals surface area (Å²) in [6, 6.07) is 15.6. The van der Waals surface area contributed by atoms with E-state index < -0.39 is 42.4 Å². The SMILES string of the molecule is COc1cc(N=Nc2nnc(SCCSOOO)s2)c(C)cc1N=Nc1c(SOOO)cc2c(S(=O)(=O)O)c(N=Nc3c(C)c(C#N)c4nc5ccccc5n4c3O)ccc2c1O.CS(=O)(=O)O. The Labute approximate surface area is 399 Å². The van der Waals surface area contributed by atoms with Crippen molar-refractivity contribution in [3.63, 3.8) is 0 Å². The first-order valence-electron chi connectivity index (χ1n) is 18.3. The third kappa shape index (κ3) is 12.2. The maximum absolute atomic E-state index is 13.0. The minimum Gasteiger partial charge on any atom is -0.505 e. The van der Waals surface area contributed by atoms with Crippen molar-refractivity contribution in [2.45, 2.75) is 28.0 Å². The Morgan fingerprint density at radius 1 is 0.838 bits per heavy atom. The van der Waals surface area contributed by atoms with Crippen LogP contribution in [0.3, 0.4) is 0 Å². The summed E-state index contributed by atoms with van der Waals surface area (Å²) in [5.41, 5.74) is 1.60. The number of methoxy groups -OCH3 is 1. The van der Waals surface area contributed by atoms with Gasteiger partial charge in [-0.25, -0.2) is 15.5 Å². The molecule has 0 spiro atoms. The minimum atomic E-state index is -5.16. The normalized spacial score (nSPS) is 12.2. The Bertz CT molecular complexity index is 3390. The number of rotatable bonds is 17. The molecule has 26 nitrogen and oxygen atoms in total. The predicted octanol–water partition coefficient (Wildman–Crippen LogP) is 9.99. The number of ether oxygens (including phenoxy) is 1. The molecule has 7 rings (SSSR count). The van der Waals surface area contributed by atoms with Crippen molar-refractivity contribution in [1.29, 1.82) is 5.26 Å². The van der Waals surface area contributed by atoms with Crippen molar-refractivity contribution in [1.82, 2.24) is 19.6 Å². The quantitative estimate of drug-likeness (QED) is 0.00938. The maximum Gasteiger partial charge on any atom is 0.297 e. The van der Waals surface area contributed by atoms with Gasteiger partial charge in [-0.1, -0.05) is 45.3 Å². The number of thioether (sulfide) groups is 1. The second kappa shape index (κ2) is 22.4. The van der Waals surface area contributed by atoms with Crippen LogP contribution in [0, 0.1) is 25.2 Å². The number of nitrogens with zero attached hydrogens (tertiary/aromatic N) is 11. The first kappa shape index (κ1) is 51.4. The number of hydrogen-bond acceptors (Lipinski definition) is 27. The predicted molar refractivity (Wildman–Crippen MR) is 246 cm³/mol. The van der Waals surface area contributed by atoms with Gasteiger partial charge in [-0.2, -0.15) is 22.1 Å². The van der Waals surface area contributed by atoms with Crippen LogP contribution in [0.5, 0.6) is 17.4 Å². The number of phenolic OH excluding ortho intramolecular Hbond substituents is 1. The van der Waals surface area contributed by atoms with E-state index in [4.69, 9.17) is 19.8 Å². The fraction of sp³-hybridized carbons (Fsp3) is 0.167. The van der Waals surface area contributed by atoms with Crippen LogP contribution in [0.2, 0.25) is 0 Å². The van der Waals surface area contributed by atoms with Crippen molar-refractivity contribution in [2.75, 3.05) is 24.9 Å². The highest BCUT2D eigenvalue weighted by molar-refractivity contribution is 8.02. The molecule has 3 aromatic heterocycles. The number of benzene rings is 4. The largest absolute Gasteiger partial charge is 0.505 e. The molecule has 0 bridgehead atoms. The van der Waals surface area contributed by atoms with Crippen molar-refractivity contribution >= 4 is 128 Å². The van der Waals surface area contributed by atoms with E-state index in [-0.39, 0.29) is 60.4 Å². The first-order valence-corrected chi connectivity index (χ1v) is 25.0. The van der Waals surface area contributed by atoms with E-state index >= 15 is 0 Å². The van der Waals surface area contributed by atoms with Gasteiger partial charge in [-0.3, -0.25) is 13.5 Å². The standard InChI is InChI=1S/C35H27N11O12S5.CH4O3S/c1-16-12-24(26(54-3)14-23(16)39-43-34-44-45-35(61-34)59-10-11-60-57-55-49)40-42-29-27(62-58-56-50)13-19-18(30(29)47)8-9-22(31(19)63(51,52)53)38-41-28-17(2)20(15-36)32-37-21-6-4-5-7-25(21)46(32)33(28)48;1-5(2,3)4/h4-9,12-14,47-50H,10-11H2,1-3H3,(H,51,52,53);1H3,(H,2,3,4). The molecular formula is C36H31N11O15S6. The van der Waals surface area contributed by atoms with Gasteiger partial charge in [-0.05, 0) is 55.8 Å². The monoisotopic (exact) mass is 1050 g/mol. The Balaban J connectivity index is 0.00000145. The van der Waals surface area contributed by atoms with Gasteiger partial charge in [0.25, 0.3) is 25.4 Å². The third-order valence-corrected chi connectivity index (χ3v) is 13.0. The van der Waals surface area contributed by atoms with Crippen LogP contribution in [0.1, 0.15) is 16.7 Å². The molecule has 0 aliphatic carbocycles. The number of nitriles is 1. The van der Waals surface area contributed by atoms with Crippen LogP contribution in [0.25, 0.3) is 27.5 Å². The fourth-order valence-electron chi connectivity index (χ4n) is 6.00. The van der Waals surface area contributed by atoms with E-state index in [0.717, 1.165) is 24.2 Å². The molecule has 68 heavy (non-hydrogen) atoms. The lowest BCUT2D eigenvalue weighted by Crippen LogP contribution is -2.00.